The number of hydrogen-bond donors (Lipinski definition) is 0. The van der Waals surface area contributed by atoms with Gasteiger partial charge in [-0.15, -0.1) is 0 Å². The maximum absolute atomic E-state index is 11.4. The van der Waals surface area contributed by atoms with Gasteiger partial charge in [0.1, 0.15) is 6.79 Å². The Morgan fingerprint density at radius 2 is 1.83 bits per heavy atom. The van der Waals surface area contributed by atoms with E-state index in [4.69, 9.17) is 18.6 Å². The summed E-state index contributed by atoms with van der Waals surface area (Å²) in [5.41, 5.74) is 0. The molecule has 0 bridgehead atoms. The summed E-state index contributed by atoms with van der Waals surface area (Å²) in [5, 5.41) is 0.191. The van der Waals surface area contributed by atoms with Crippen molar-refractivity contribution in [1.82, 2.24) is 0 Å². The molecule has 0 amide bonds. The van der Waals surface area contributed by atoms with Crippen LogP contribution in [0, 0.1) is 0 Å². The van der Waals surface area contributed by atoms with Crippen LogP contribution in [0.25, 0.3) is 0 Å². The third kappa shape index (κ3) is 9.57. The first-order valence-corrected chi connectivity index (χ1v) is 11.6. The predicted molar refractivity (Wildman–Crippen MR) is 99.5 cm³/mol. The monoisotopic (exact) mass is 360 g/mol. The van der Waals surface area contributed by atoms with Crippen molar-refractivity contribution in [3.63, 3.8) is 0 Å². The molecule has 142 valence electrons. The van der Waals surface area contributed by atoms with Crippen molar-refractivity contribution in [1.29, 1.82) is 0 Å². The zero-order valence-electron chi connectivity index (χ0n) is 16.7. The normalized spacial score (nSPS) is 15.5. The summed E-state index contributed by atoms with van der Waals surface area (Å²) < 4.78 is 21.8. The van der Waals surface area contributed by atoms with Crippen LogP contribution in [-0.4, -0.2) is 47.0 Å². The molecule has 2 atom stereocenters. The first-order valence-electron chi connectivity index (χ1n) is 8.66. The summed E-state index contributed by atoms with van der Waals surface area (Å²) in [4.78, 5) is 11.4. The Bertz CT molecular complexity index is 387. The molecule has 0 rings (SSSR count). The number of rotatable bonds is 11. The second-order valence-electron chi connectivity index (χ2n) is 7.49. The van der Waals surface area contributed by atoms with Crippen LogP contribution in [-0.2, 0) is 23.4 Å². The van der Waals surface area contributed by atoms with Gasteiger partial charge in [-0.25, -0.2) is 4.79 Å². The van der Waals surface area contributed by atoms with E-state index in [1.807, 2.05) is 0 Å². The number of ether oxygens (including phenoxy) is 3. The summed E-state index contributed by atoms with van der Waals surface area (Å²) in [5.74, 6) is -0.353. The molecule has 0 aliphatic carbocycles. The van der Waals surface area contributed by atoms with Gasteiger partial charge in [-0.3, -0.25) is 0 Å². The lowest BCUT2D eigenvalue weighted by atomic mass is 10.1. The van der Waals surface area contributed by atoms with Crippen LogP contribution >= 0.6 is 0 Å². The van der Waals surface area contributed by atoms with Crippen LogP contribution < -0.4 is 0 Å². The largest absolute Gasteiger partial charge is 0.463 e. The van der Waals surface area contributed by atoms with Gasteiger partial charge < -0.3 is 18.6 Å². The standard InChI is InChI=1S/C18H36O5Si/c1-9-21-17(19)13-12-16(22-14-20-6)11-10-15(2)23-24(7,8)18(3,4)5/h12-13,15-16H,9-11,14H2,1-8H3/t15-,16-/m1/s1. The molecule has 0 aromatic heterocycles. The third-order valence-corrected chi connectivity index (χ3v) is 8.90. The topological polar surface area (TPSA) is 54.0 Å². The number of carbonyl (C=O) groups is 1. The molecule has 24 heavy (non-hydrogen) atoms. The number of hydrogen-bond acceptors (Lipinski definition) is 5. The Hall–Kier alpha value is -0.693. The van der Waals surface area contributed by atoms with Crippen LogP contribution in [0.4, 0.5) is 0 Å². The molecule has 0 aliphatic rings. The highest BCUT2D eigenvalue weighted by atomic mass is 28.4. The lowest BCUT2D eigenvalue weighted by Crippen LogP contribution is -2.43. The molecule has 0 unspecified atom stereocenters. The van der Waals surface area contributed by atoms with Crippen LogP contribution in [0.5, 0.6) is 0 Å². The van der Waals surface area contributed by atoms with E-state index in [0.29, 0.717) is 6.61 Å². The highest BCUT2D eigenvalue weighted by Crippen LogP contribution is 2.37. The van der Waals surface area contributed by atoms with Gasteiger partial charge in [0.05, 0.1) is 12.7 Å². The van der Waals surface area contributed by atoms with Crippen molar-refractivity contribution < 1.29 is 23.4 Å². The molecule has 0 saturated carbocycles. The Morgan fingerprint density at radius 1 is 1.21 bits per heavy atom. The number of esters is 1. The van der Waals surface area contributed by atoms with E-state index in [1.54, 1.807) is 20.1 Å². The third-order valence-electron chi connectivity index (χ3n) is 4.29. The summed E-state index contributed by atoms with van der Waals surface area (Å²) in [6.45, 7) is 15.6. The van der Waals surface area contributed by atoms with E-state index < -0.39 is 8.32 Å². The molecule has 0 radical (unpaired) electrons. The zero-order chi connectivity index (χ0) is 18.8. The zero-order valence-corrected chi connectivity index (χ0v) is 17.7. The second kappa shape index (κ2) is 11.0. The lowest BCUT2D eigenvalue weighted by Gasteiger charge is -2.38. The summed E-state index contributed by atoms with van der Waals surface area (Å²) in [6, 6.07) is 0. The van der Waals surface area contributed by atoms with Gasteiger partial charge >= 0.3 is 5.97 Å². The Balaban J connectivity index is 4.56. The maximum Gasteiger partial charge on any atom is 0.330 e. The molecule has 0 aromatic rings. The average Bonchev–Trinajstić information content (AvgIpc) is 2.45. The number of methoxy groups -OCH3 is 1. The fourth-order valence-electron chi connectivity index (χ4n) is 1.90. The lowest BCUT2D eigenvalue weighted by molar-refractivity contribution is -0.137. The van der Waals surface area contributed by atoms with E-state index in [0.717, 1.165) is 12.8 Å². The molecule has 0 aromatic carbocycles. The highest BCUT2D eigenvalue weighted by Gasteiger charge is 2.38. The van der Waals surface area contributed by atoms with Crippen LogP contribution in [0.2, 0.25) is 18.1 Å². The van der Waals surface area contributed by atoms with Gasteiger partial charge in [0.2, 0.25) is 0 Å². The minimum absolute atomic E-state index is 0.149. The molecular weight excluding hydrogens is 324 g/mol. The highest BCUT2D eigenvalue weighted by molar-refractivity contribution is 6.74. The van der Waals surface area contributed by atoms with E-state index in [1.165, 1.54) is 6.08 Å². The first-order chi connectivity index (χ1) is 11.0. The van der Waals surface area contributed by atoms with Gasteiger partial charge in [-0.2, -0.15) is 0 Å². The SMILES string of the molecule is CCOC(=O)C=C[C@@H](CC[C@@H](C)O[Si](C)(C)C(C)(C)C)OCOC. The van der Waals surface area contributed by atoms with Crippen LogP contribution in [0.3, 0.4) is 0 Å². The van der Waals surface area contributed by atoms with Crippen LogP contribution in [0.15, 0.2) is 12.2 Å². The van der Waals surface area contributed by atoms with E-state index in [9.17, 15) is 4.79 Å². The van der Waals surface area contributed by atoms with Crippen molar-refractivity contribution in [2.24, 2.45) is 0 Å². The fourth-order valence-corrected chi connectivity index (χ4v) is 3.38. The van der Waals surface area contributed by atoms with Gasteiger partial charge in [-0.05, 0) is 50.9 Å². The van der Waals surface area contributed by atoms with E-state index >= 15 is 0 Å². The van der Waals surface area contributed by atoms with Crippen molar-refractivity contribution in [2.45, 2.75) is 77.8 Å². The molecule has 0 spiro atoms. The Morgan fingerprint density at radius 3 is 2.33 bits per heavy atom. The summed E-state index contributed by atoms with van der Waals surface area (Å²) in [7, 11) is -0.191. The molecule has 0 heterocycles. The predicted octanol–water partition coefficient (Wildman–Crippen LogP) is 4.29. The van der Waals surface area contributed by atoms with Gasteiger partial charge in [0.25, 0.3) is 0 Å². The summed E-state index contributed by atoms with van der Waals surface area (Å²) in [6.07, 6.45) is 4.72. The smallest absolute Gasteiger partial charge is 0.330 e. The molecule has 0 saturated heterocycles. The van der Waals surface area contributed by atoms with Crippen LogP contribution in [0.1, 0.15) is 47.5 Å². The quantitative estimate of drug-likeness (QED) is 0.238. The molecule has 5 nitrogen and oxygen atoms in total. The Kier molecular flexibility index (Phi) is 10.7. The maximum atomic E-state index is 11.4. The average molecular weight is 361 g/mol. The Labute approximate surface area is 148 Å². The van der Waals surface area contributed by atoms with E-state index in [-0.39, 0.29) is 30.0 Å². The van der Waals surface area contributed by atoms with E-state index in [2.05, 4.69) is 40.8 Å². The number of carbonyl (C=O) groups excluding carboxylic acids is 1. The molecular formula is C18H36O5Si. The molecule has 0 aliphatic heterocycles. The van der Waals surface area contributed by atoms with Crippen molar-refractivity contribution in [3.05, 3.63) is 12.2 Å². The summed E-state index contributed by atoms with van der Waals surface area (Å²) >= 11 is 0. The first kappa shape index (κ1) is 23.3. The van der Waals surface area contributed by atoms with Crippen molar-refractivity contribution in [2.75, 3.05) is 20.5 Å². The minimum Gasteiger partial charge on any atom is -0.463 e. The van der Waals surface area contributed by atoms with Crippen molar-refractivity contribution in [3.8, 4) is 0 Å². The van der Waals surface area contributed by atoms with Crippen molar-refractivity contribution >= 4 is 14.3 Å². The van der Waals surface area contributed by atoms with Gasteiger partial charge in [0, 0.05) is 19.3 Å². The van der Waals surface area contributed by atoms with Gasteiger partial charge in [0.15, 0.2) is 8.32 Å². The second-order valence-corrected chi connectivity index (χ2v) is 12.2. The minimum atomic E-state index is -1.77. The molecule has 6 heteroatoms. The molecule has 0 fully saturated rings. The molecule has 0 N–H and O–H groups in total. The van der Waals surface area contributed by atoms with Gasteiger partial charge in [-0.1, -0.05) is 20.8 Å². The fraction of sp³-hybridized carbons (Fsp3) is 0.833.